The fourth-order valence-electron chi connectivity index (χ4n) is 6.73. The van der Waals surface area contributed by atoms with Gasteiger partial charge in [-0.15, -0.1) is 0 Å². The molecule has 46 heavy (non-hydrogen) atoms. The van der Waals surface area contributed by atoms with Crippen molar-refractivity contribution in [3.05, 3.63) is 176 Å². The highest BCUT2D eigenvalue weighted by atomic mass is 15.0. The molecule has 0 N–H and O–H groups in total. The lowest BCUT2D eigenvalue weighted by Gasteiger charge is -2.13. The minimum atomic E-state index is 0.954. The third kappa shape index (κ3) is 4.41. The van der Waals surface area contributed by atoms with Crippen molar-refractivity contribution in [1.82, 2.24) is 14.1 Å². The highest BCUT2D eigenvalue weighted by molar-refractivity contribution is 6.10. The summed E-state index contributed by atoms with van der Waals surface area (Å²) in [5.74, 6) is 0. The number of para-hydroxylation sites is 2. The molecule has 0 amide bonds. The van der Waals surface area contributed by atoms with Crippen LogP contribution in [-0.2, 0) is 0 Å². The molecule has 3 aromatic heterocycles. The predicted molar refractivity (Wildman–Crippen MR) is 192 cm³/mol. The highest BCUT2D eigenvalue weighted by Gasteiger charge is 2.16. The zero-order valence-electron chi connectivity index (χ0n) is 25.1. The van der Waals surface area contributed by atoms with Gasteiger partial charge in [-0.3, -0.25) is 0 Å². The molecule has 216 valence electrons. The SMILES string of the molecule is c1ccc(-c2cc(-n3c4ccccc4c4cc(-c5ccc6c(ccn6-c6ccccc6)c5)ccc43)cc(-c3ccccc3)n2)cc1. The summed E-state index contributed by atoms with van der Waals surface area (Å²) in [7, 11) is 0. The van der Waals surface area contributed by atoms with Crippen molar-refractivity contribution in [3.63, 3.8) is 0 Å². The Kier molecular flexibility index (Phi) is 6.14. The van der Waals surface area contributed by atoms with Crippen molar-refractivity contribution in [3.8, 4) is 45.0 Å². The Bertz CT molecular complexity index is 2450. The summed E-state index contributed by atoms with van der Waals surface area (Å²) in [6.45, 7) is 0. The van der Waals surface area contributed by atoms with E-state index >= 15 is 0 Å². The van der Waals surface area contributed by atoms with E-state index in [0.717, 1.165) is 28.2 Å². The van der Waals surface area contributed by atoms with E-state index < -0.39 is 0 Å². The Labute approximate surface area is 267 Å². The van der Waals surface area contributed by atoms with E-state index in [1.54, 1.807) is 0 Å². The van der Waals surface area contributed by atoms with Gasteiger partial charge >= 0.3 is 0 Å². The highest BCUT2D eigenvalue weighted by Crippen LogP contribution is 2.37. The summed E-state index contributed by atoms with van der Waals surface area (Å²) in [4.78, 5) is 5.13. The first kappa shape index (κ1) is 26.2. The smallest absolute Gasteiger partial charge is 0.0730 e. The van der Waals surface area contributed by atoms with Crippen LogP contribution in [0.5, 0.6) is 0 Å². The van der Waals surface area contributed by atoms with Crippen LogP contribution in [0.3, 0.4) is 0 Å². The van der Waals surface area contributed by atoms with Crippen LogP contribution in [0.25, 0.3) is 77.7 Å². The summed E-state index contributed by atoms with van der Waals surface area (Å²) >= 11 is 0. The van der Waals surface area contributed by atoms with Crippen LogP contribution in [0.15, 0.2) is 176 Å². The Balaban J connectivity index is 1.22. The lowest BCUT2D eigenvalue weighted by atomic mass is 10.0. The lowest BCUT2D eigenvalue weighted by Crippen LogP contribution is -1.98. The molecular weight excluding hydrogens is 558 g/mol. The third-order valence-electron chi connectivity index (χ3n) is 8.94. The number of pyridine rings is 1. The summed E-state index contributed by atoms with van der Waals surface area (Å²) in [6, 6.07) is 60.4. The maximum absolute atomic E-state index is 5.13. The van der Waals surface area contributed by atoms with Crippen LogP contribution in [0.1, 0.15) is 0 Å². The summed E-state index contributed by atoms with van der Waals surface area (Å²) < 4.78 is 4.64. The first-order chi connectivity index (χ1) is 22.8. The first-order valence-electron chi connectivity index (χ1n) is 15.6. The van der Waals surface area contributed by atoms with E-state index in [-0.39, 0.29) is 0 Å². The Morgan fingerprint density at radius 3 is 1.63 bits per heavy atom. The molecule has 0 aliphatic carbocycles. The molecular formula is C43H29N3. The van der Waals surface area contributed by atoms with Crippen molar-refractivity contribution in [2.24, 2.45) is 0 Å². The van der Waals surface area contributed by atoms with Crippen molar-refractivity contribution in [2.75, 3.05) is 0 Å². The second-order valence-corrected chi connectivity index (χ2v) is 11.7. The van der Waals surface area contributed by atoms with Gasteiger partial charge in [0.25, 0.3) is 0 Å². The van der Waals surface area contributed by atoms with Crippen LogP contribution < -0.4 is 0 Å². The Morgan fingerprint density at radius 1 is 0.370 bits per heavy atom. The van der Waals surface area contributed by atoms with Gasteiger partial charge in [-0.2, -0.15) is 0 Å². The maximum atomic E-state index is 5.13. The first-order valence-corrected chi connectivity index (χ1v) is 15.6. The van der Waals surface area contributed by atoms with Crippen molar-refractivity contribution < 1.29 is 0 Å². The van der Waals surface area contributed by atoms with Crippen molar-refractivity contribution in [1.29, 1.82) is 0 Å². The predicted octanol–water partition coefficient (Wildman–Crippen LogP) is 11.1. The molecule has 0 unspecified atom stereocenters. The van der Waals surface area contributed by atoms with E-state index in [0.29, 0.717) is 0 Å². The number of hydrogen-bond donors (Lipinski definition) is 0. The molecule has 0 aliphatic heterocycles. The number of hydrogen-bond acceptors (Lipinski definition) is 1. The topological polar surface area (TPSA) is 22.8 Å². The number of benzene rings is 6. The molecule has 0 bridgehead atoms. The van der Waals surface area contributed by atoms with Gasteiger partial charge in [0.15, 0.2) is 0 Å². The molecule has 0 aliphatic rings. The molecule has 0 saturated carbocycles. The van der Waals surface area contributed by atoms with Crippen LogP contribution in [-0.4, -0.2) is 14.1 Å². The molecule has 0 spiro atoms. The Morgan fingerprint density at radius 2 is 0.935 bits per heavy atom. The van der Waals surface area contributed by atoms with Gasteiger partial charge in [-0.25, -0.2) is 4.98 Å². The van der Waals surface area contributed by atoms with Crippen molar-refractivity contribution in [2.45, 2.75) is 0 Å². The van der Waals surface area contributed by atoms with Gasteiger partial charge in [0.05, 0.1) is 33.6 Å². The standard InChI is InChI=1S/C43H29N3/c1-4-12-30(13-5-1)39-28-36(29-40(44-39)31-14-6-2-7-15-31)46-42-19-11-10-18-37(42)38-27-33(21-23-43(38)46)32-20-22-41-34(26-32)24-25-45(41)35-16-8-3-9-17-35/h1-29H. The van der Waals surface area contributed by atoms with Gasteiger partial charge in [0.2, 0.25) is 0 Å². The minimum absolute atomic E-state index is 0.954. The van der Waals surface area contributed by atoms with Gasteiger partial charge in [0.1, 0.15) is 0 Å². The Hall–Kier alpha value is -6.19. The second kappa shape index (κ2) is 10.8. The molecule has 0 saturated heterocycles. The summed E-state index contributed by atoms with van der Waals surface area (Å²) in [5.41, 5.74) is 12.3. The van der Waals surface area contributed by atoms with Gasteiger partial charge in [-0.1, -0.05) is 109 Å². The molecule has 3 nitrogen and oxygen atoms in total. The largest absolute Gasteiger partial charge is 0.317 e. The van der Waals surface area contributed by atoms with Crippen LogP contribution >= 0.6 is 0 Å². The number of rotatable bonds is 5. The number of aromatic nitrogens is 3. The van der Waals surface area contributed by atoms with Gasteiger partial charge in [0, 0.05) is 39.2 Å². The van der Waals surface area contributed by atoms with Crippen molar-refractivity contribution >= 4 is 32.7 Å². The molecule has 0 atom stereocenters. The van der Waals surface area contributed by atoms with E-state index in [1.807, 2.05) is 12.1 Å². The van der Waals surface area contributed by atoms with Crippen LogP contribution in [0, 0.1) is 0 Å². The lowest BCUT2D eigenvalue weighted by molar-refractivity contribution is 1.13. The quantitative estimate of drug-likeness (QED) is 0.196. The average Bonchev–Trinajstić information content (AvgIpc) is 3.71. The summed E-state index contributed by atoms with van der Waals surface area (Å²) in [5, 5.41) is 3.69. The zero-order valence-corrected chi connectivity index (χ0v) is 25.1. The van der Waals surface area contributed by atoms with E-state index in [1.165, 1.54) is 49.5 Å². The number of nitrogens with zero attached hydrogens (tertiary/aromatic N) is 3. The summed E-state index contributed by atoms with van der Waals surface area (Å²) in [6.07, 6.45) is 2.16. The van der Waals surface area contributed by atoms with E-state index in [9.17, 15) is 0 Å². The maximum Gasteiger partial charge on any atom is 0.0730 e. The number of fused-ring (bicyclic) bond motifs is 4. The molecule has 6 aromatic carbocycles. The third-order valence-corrected chi connectivity index (χ3v) is 8.94. The fourth-order valence-corrected chi connectivity index (χ4v) is 6.73. The zero-order chi connectivity index (χ0) is 30.5. The van der Waals surface area contributed by atoms with Gasteiger partial charge in [-0.05, 0) is 71.8 Å². The van der Waals surface area contributed by atoms with Crippen LogP contribution in [0.4, 0.5) is 0 Å². The normalized spacial score (nSPS) is 11.5. The van der Waals surface area contributed by atoms with Crippen LogP contribution in [0.2, 0.25) is 0 Å². The van der Waals surface area contributed by atoms with E-state index in [4.69, 9.17) is 4.98 Å². The molecule has 3 heteroatoms. The molecule has 0 radical (unpaired) electrons. The molecule has 3 heterocycles. The van der Waals surface area contributed by atoms with E-state index in [2.05, 4.69) is 173 Å². The average molecular weight is 588 g/mol. The second-order valence-electron chi connectivity index (χ2n) is 11.7. The minimum Gasteiger partial charge on any atom is -0.317 e. The fraction of sp³-hybridized carbons (Fsp3) is 0. The molecule has 9 rings (SSSR count). The molecule has 9 aromatic rings. The monoisotopic (exact) mass is 587 g/mol. The van der Waals surface area contributed by atoms with Gasteiger partial charge < -0.3 is 9.13 Å². The molecule has 0 fully saturated rings.